The number of hydrogen-bond donors (Lipinski definition) is 1. The maximum absolute atomic E-state index is 5.64. The second-order valence-corrected chi connectivity index (χ2v) is 4.21. The lowest BCUT2D eigenvalue weighted by Gasteiger charge is -2.12. The standard InChI is InChI=1S/C15H23NO/c1-3-4-11-16-14(2)10-12-17-13-15-8-6-5-7-9-15/h3-9,14,16H,10-13H2,1-2H3/b4-3+. The minimum absolute atomic E-state index is 0.502. The van der Waals surface area contributed by atoms with Crippen molar-refractivity contribution in [3.63, 3.8) is 0 Å². The smallest absolute Gasteiger partial charge is 0.0716 e. The Balaban J connectivity index is 2.04. The van der Waals surface area contributed by atoms with Gasteiger partial charge >= 0.3 is 0 Å². The third-order valence-corrected chi connectivity index (χ3v) is 2.63. The van der Waals surface area contributed by atoms with Gasteiger partial charge in [-0.05, 0) is 25.8 Å². The fourth-order valence-electron chi connectivity index (χ4n) is 1.51. The van der Waals surface area contributed by atoms with E-state index in [0.717, 1.165) is 19.6 Å². The van der Waals surface area contributed by atoms with Crippen LogP contribution in [0.4, 0.5) is 0 Å². The fraction of sp³-hybridized carbons (Fsp3) is 0.467. The summed E-state index contributed by atoms with van der Waals surface area (Å²) in [6, 6.07) is 10.8. The predicted octanol–water partition coefficient (Wildman–Crippen LogP) is 3.15. The Morgan fingerprint density at radius 2 is 2.06 bits per heavy atom. The summed E-state index contributed by atoms with van der Waals surface area (Å²) in [7, 11) is 0. The Bertz CT molecular complexity index is 308. The summed E-state index contributed by atoms with van der Waals surface area (Å²) in [6.07, 6.45) is 5.23. The van der Waals surface area contributed by atoms with Gasteiger partial charge in [0.2, 0.25) is 0 Å². The van der Waals surface area contributed by atoms with E-state index in [1.165, 1.54) is 5.56 Å². The van der Waals surface area contributed by atoms with Gasteiger partial charge in [0.25, 0.3) is 0 Å². The molecule has 1 unspecified atom stereocenters. The monoisotopic (exact) mass is 233 g/mol. The molecule has 2 nitrogen and oxygen atoms in total. The highest BCUT2D eigenvalue weighted by molar-refractivity contribution is 5.13. The zero-order valence-electron chi connectivity index (χ0n) is 10.9. The summed E-state index contributed by atoms with van der Waals surface area (Å²) >= 11 is 0. The average molecular weight is 233 g/mol. The molecule has 0 bridgehead atoms. The van der Waals surface area contributed by atoms with Crippen molar-refractivity contribution in [3.8, 4) is 0 Å². The highest BCUT2D eigenvalue weighted by atomic mass is 16.5. The summed E-state index contributed by atoms with van der Waals surface area (Å²) in [5.74, 6) is 0. The van der Waals surface area contributed by atoms with Crippen LogP contribution in [0.3, 0.4) is 0 Å². The van der Waals surface area contributed by atoms with Crippen molar-refractivity contribution in [1.82, 2.24) is 5.32 Å². The van der Waals surface area contributed by atoms with E-state index in [1.54, 1.807) is 0 Å². The Morgan fingerprint density at radius 1 is 1.29 bits per heavy atom. The third kappa shape index (κ3) is 6.93. The summed E-state index contributed by atoms with van der Waals surface area (Å²) < 4.78 is 5.64. The van der Waals surface area contributed by atoms with Gasteiger partial charge < -0.3 is 10.1 Å². The van der Waals surface area contributed by atoms with Gasteiger partial charge in [0.15, 0.2) is 0 Å². The molecule has 0 fully saturated rings. The molecular weight excluding hydrogens is 210 g/mol. The van der Waals surface area contributed by atoms with Crippen LogP contribution in [0.15, 0.2) is 42.5 Å². The predicted molar refractivity (Wildman–Crippen MR) is 73.0 cm³/mol. The zero-order valence-corrected chi connectivity index (χ0v) is 10.9. The van der Waals surface area contributed by atoms with E-state index in [9.17, 15) is 0 Å². The van der Waals surface area contributed by atoms with Crippen molar-refractivity contribution in [2.45, 2.75) is 32.9 Å². The van der Waals surface area contributed by atoms with Crippen molar-refractivity contribution >= 4 is 0 Å². The van der Waals surface area contributed by atoms with Crippen molar-refractivity contribution < 1.29 is 4.74 Å². The molecule has 1 N–H and O–H groups in total. The Morgan fingerprint density at radius 3 is 2.76 bits per heavy atom. The van der Waals surface area contributed by atoms with Crippen LogP contribution in [-0.2, 0) is 11.3 Å². The molecule has 1 aromatic carbocycles. The highest BCUT2D eigenvalue weighted by Crippen LogP contribution is 2.01. The van der Waals surface area contributed by atoms with Crippen LogP contribution >= 0.6 is 0 Å². The van der Waals surface area contributed by atoms with Crippen molar-refractivity contribution in [2.75, 3.05) is 13.2 Å². The molecule has 17 heavy (non-hydrogen) atoms. The number of nitrogens with one attached hydrogen (secondary N) is 1. The summed E-state index contributed by atoms with van der Waals surface area (Å²) in [6.45, 7) is 6.68. The van der Waals surface area contributed by atoms with Crippen LogP contribution in [0.25, 0.3) is 0 Å². The Kier molecular flexibility index (Phi) is 7.35. The van der Waals surface area contributed by atoms with Gasteiger partial charge in [-0.25, -0.2) is 0 Å². The number of benzene rings is 1. The van der Waals surface area contributed by atoms with Gasteiger partial charge in [0.1, 0.15) is 0 Å². The molecule has 94 valence electrons. The topological polar surface area (TPSA) is 21.3 Å². The van der Waals surface area contributed by atoms with E-state index in [2.05, 4.69) is 36.5 Å². The first kappa shape index (κ1) is 13.9. The molecule has 0 saturated heterocycles. The van der Waals surface area contributed by atoms with Gasteiger partial charge in [0, 0.05) is 19.2 Å². The van der Waals surface area contributed by atoms with Crippen LogP contribution in [0.1, 0.15) is 25.8 Å². The maximum atomic E-state index is 5.64. The van der Waals surface area contributed by atoms with Crippen LogP contribution in [-0.4, -0.2) is 19.2 Å². The molecule has 1 rings (SSSR count). The number of allylic oxidation sites excluding steroid dienone is 1. The first-order valence-electron chi connectivity index (χ1n) is 6.29. The number of rotatable bonds is 8. The first-order valence-corrected chi connectivity index (χ1v) is 6.29. The van der Waals surface area contributed by atoms with E-state index < -0.39 is 0 Å². The molecule has 0 aliphatic carbocycles. The van der Waals surface area contributed by atoms with E-state index in [1.807, 2.05) is 25.1 Å². The van der Waals surface area contributed by atoms with Gasteiger partial charge in [0.05, 0.1) is 6.61 Å². The van der Waals surface area contributed by atoms with E-state index in [0.29, 0.717) is 12.6 Å². The molecule has 0 aromatic heterocycles. The molecule has 0 heterocycles. The van der Waals surface area contributed by atoms with Gasteiger partial charge in [-0.3, -0.25) is 0 Å². The lowest BCUT2D eigenvalue weighted by atomic mass is 10.2. The molecule has 0 spiro atoms. The molecule has 1 atom stereocenters. The van der Waals surface area contributed by atoms with Crippen LogP contribution in [0.2, 0.25) is 0 Å². The number of ether oxygens (including phenoxy) is 1. The average Bonchev–Trinajstić information content (AvgIpc) is 2.36. The van der Waals surface area contributed by atoms with E-state index in [4.69, 9.17) is 4.74 Å². The molecular formula is C15H23NO. The largest absolute Gasteiger partial charge is 0.377 e. The second kappa shape index (κ2) is 8.97. The Labute approximate surface area is 105 Å². The molecule has 1 aromatic rings. The third-order valence-electron chi connectivity index (χ3n) is 2.63. The summed E-state index contributed by atoms with van der Waals surface area (Å²) in [5, 5.41) is 3.42. The lowest BCUT2D eigenvalue weighted by molar-refractivity contribution is 0.113. The normalized spacial score (nSPS) is 13.1. The molecule has 0 aliphatic heterocycles. The first-order chi connectivity index (χ1) is 8.33. The molecule has 0 radical (unpaired) electrons. The van der Waals surface area contributed by atoms with E-state index >= 15 is 0 Å². The Hall–Kier alpha value is -1.12. The minimum atomic E-state index is 0.502. The van der Waals surface area contributed by atoms with Crippen molar-refractivity contribution in [3.05, 3.63) is 48.0 Å². The highest BCUT2D eigenvalue weighted by Gasteiger charge is 1.99. The fourth-order valence-corrected chi connectivity index (χ4v) is 1.51. The van der Waals surface area contributed by atoms with Crippen LogP contribution in [0, 0.1) is 0 Å². The van der Waals surface area contributed by atoms with Crippen LogP contribution in [0.5, 0.6) is 0 Å². The lowest BCUT2D eigenvalue weighted by Crippen LogP contribution is -2.27. The molecule has 0 aliphatic rings. The maximum Gasteiger partial charge on any atom is 0.0716 e. The molecule has 0 saturated carbocycles. The zero-order chi connectivity index (χ0) is 12.3. The molecule has 2 heteroatoms. The summed E-state index contributed by atoms with van der Waals surface area (Å²) in [5.41, 5.74) is 1.24. The van der Waals surface area contributed by atoms with Gasteiger partial charge in [-0.1, -0.05) is 42.5 Å². The quantitative estimate of drug-likeness (QED) is 0.550. The minimum Gasteiger partial charge on any atom is -0.377 e. The van der Waals surface area contributed by atoms with Crippen molar-refractivity contribution in [1.29, 1.82) is 0 Å². The summed E-state index contributed by atoms with van der Waals surface area (Å²) in [4.78, 5) is 0. The van der Waals surface area contributed by atoms with Gasteiger partial charge in [-0.15, -0.1) is 0 Å². The van der Waals surface area contributed by atoms with Crippen molar-refractivity contribution in [2.24, 2.45) is 0 Å². The van der Waals surface area contributed by atoms with E-state index in [-0.39, 0.29) is 0 Å². The van der Waals surface area contributed by atoms with Crippen LogP contribution < -0.4 is 5.32 Å². The molecule has 0 amide bonds. The second-order valence-electron chi connectivity index (χ2n) is 4.21. The SMILES string of the molecule is C/C=C/CNC(C)CCOCc1ccccc1. The number of hydrogen-bond acceptors (Lipinski definition) is 2. The van der Waals surface area contributed by atoms with Gasteiger partial charge in [-0.2, -0.15) is 0 Å².